The van der Waals surface area contributed by atoms with Crippen molar-refractivity contribution in [2.45, 2.75) is 304 Å². The molecule has 8 bridgehead atoms. The van der Waals surface area contributed by atoms with Crippen molar-refractivity contribution in [3.05, 3.63) is 122 Å². The quantitative estimate of drug-likeness (QED) is 0.0672. The first kappa shape index (κ1) is 84.0. The van der Waals surface area contributed by atoms with Crippen LogP contribution in [0.4, 0.5) is 0 Å². The van der Waals surface area contributed by atoms with E-state index in [0.29, 0.717) is 76.9 Å². The summed E-state index contributed by atoms with van der Waals surface area (Å²) in [4.78, 5) is 40.0. The van der Waals surface area contributed by atoms with Crippen molar-refractivity contribution < 1.29 is 58.9 Å². The zero-order valence-corrected chi connectivity index (χ0v) is 73.6. The average Bonchev–Trinajstić information content (AvgIpc) is 1.09. The number of aromatic hydroxyl groups is 3. The van der Waals surface area contributed by atoms with Crippen LogP contribution in [0.2, 0.25) is 0 Å². The van der Waals surface area contributed by atoms with E-state index in [1.807, 2.05) is 55.4 Å². The molecule has 12 nitrogen and oxygen atoms in total. The van der Waals surface area contributed by atoms with E-state index >= 15 is 0 Å². The maximum atomic E-state index is 13.2. The van der Waals surface area contributed by atoms with Gasteiger partial charge in [-0.15, -0.1) is 0 Å². The average molecular weight is 1900 g/mol. The third-order valence-electron chi connectivity index (χ3n) is 24.0. The van der Waals surface area contributed by atoms with Gasteiger partial charge in [-0.2, -0.15) is 0 Å². The highest BCUT2D eigenvalue weighted by Crippen LogP contribution is 2.56. The Bertz CT molecular complexity index is 3560. The van der Waals surface area contributed by atoms with Crippen LogP contribution in [-0.2, 0) is 38.2 Å². The molecule has 0 spiro atoms. The number of benzene rings is 3. The first-order valence-corrected chi connectivity index (χ1v) is 42.9. The van der Waals surface area contributed by atoms with Gasteiger partial charge in [0.25, 0.3) is 0 Å². The normalized spacial score (nSPS) is 36.3. The van der Waals surface area contributed by atoms with Gasteiger partial charge in [0.1, 0.15) is 40.7 Å². The lowest BCUT2D eigenvalue weighted by Crippen LogP contribution is -2.56. The first-order valence-electron chi connectivity index (χ1n) is 35.7. The summed E-state index contributed by atoms with van der Waals surface area (Å²) in [6.45, 7) is 33.3. The fraction of sp³-hybridized carbons (Fsp3) is 0.662. The Kier molecular flexibility index (Phi) is 27.5. The molecule has 5 aliphatic heterocycles. The standard InChI is InChI=1S/C27H37Br3O4.C27H36Br2O4.C26H35Br3O4/c1-16-6-9-21(28)26(4)12-10-22(29)27(5,33)13-11-23(25(2,3)30)34-24(32)17-7-8-20(31)18(14-17)15-19(16)26;1-16-6-9-21(28)26(4)12-10-22(29)27(5)13-11-23(25(2,3)33-27)32-24(31)17-7-8-20(30)18(14-17)15-19(16)26;1-15-6-9-21(28)25(4)14-22(29)26(5,32)11-10-20(27)24(2,3)33-23(31)16-7-8-19(30)17(12-16)13-18(15)25/h7-8,14,21-23,31,33H,6,9-13,15H2,1-5H3;7-8,14,19,21-23,30H,1,6,9-13,15H2,2-5H3;7-8,12,20-22,30,32H,6,9-11,13-14H2,1-5H3/t21-,22+,23-,26-,27-;19-,21+,22-,23+,26+,27-;20-,21+,22-,25+,26+/m011/s1. The topological polar surface area (TPSA) is 189 Å². The Balaban J connectivity index is 0.000000191. The Hall–Kier alpha value is -1.59. The molecule has 556 valence electrons. The van der Waals surface area contributed by atoms with E-state index in [9.17, 15) is 39.9 Å². The Morgan fingerprint density at radius 2 is 0.950 bits per heavy atom. The molecule has 5 heterocycles. The number of esters is 3. The van der Waals surface area contributed by atoms with Crippen LogP contribution >= 0.6 is 127 Å². The number of halogens is 8. The van der Waals surface area contributed by atoms with E-state index < -0.39 is 44.8 Å². The van der Waals surface area contributed by atoms with Crippen LogP contribution in [0.25, 0.3) is 0 Å². The molecule has 0 amide bonds. The second-order valence-corrected chi connectivity index (χ2v) is 42.8. The second kappa shape index (κ2) is 32.7. The zero-order chi connectivity index (χ0) is 74.4. The molecule has 3 aromatic carbocycles. The van der Waals surface area contributed by atoms with Crippen LogP contribution in [0.15, 0.2) is 89.0 Å². The number of ether oxygens (including phenoxy) is 4. The van der Waals surface area contributed by atoms with Crippen LogP contribution < -0.4 is 0 Å². The fourth-order valence-corrected chi connectivity index (χ4v) is 21.2. The van der Waals surface area contributed by atoms with Gasteiger partial charge >= 0.3 is 17.9 Å². The number of cyclic esters (lactones) is 2. The van der Waals surface area contributed by atoms with Crippen LogP contribution in [-0.4, -0.2) is 122 Å². The van der Waals surface area contributed by atoms with Gasteiger partial charge in [-0.05, 0) is 287 Å². The number of phenols is 3. The van der Waals surface area contributed by atoms with Gasteiger partial charge in [0.15, 0.2) is 0 Å². The highest BCUT2D eigenvalue weighted by molar-refractivity contribution is 9.10. The number of carbonyl (C=O) groups excluding carboxylic acids is 3. The van der Waals surface area contributed by atoms with Crippen molar-refractivity contribution in [1.29, 1.82) is 0 Å². The number of allylic oxidation sites excluding steroid dienone is 5. The smallest absolute Gasteiger partial charge is 0.338 e. The second-order valence-electron chi connectivity index (χ2n) is 33.0. The summed E-state index contributed by atoms with van der Waals surface area (Å²) in [5, 5.41) is 54.8. The van der Waals surface area contributed by atoms with E-state index in [0.717, 1.165) is 94.6 Å². The van der Waals surface area contributed by atoms with Crippen molar-refractivity contribution in [3.8, 4) is 17.2 Å². The third kappa shape index (κ3) is 19.1. The minimum Gasteiger partial charge on any atom is -0.508 e. The van der Waals surface area contributed by atoms with Gasteiger partial charge in [0.2, 0.25) is 0 Å². The molecule has 2 fully saturated rings. The summed E-state index contributed by atoms with van der Waals surface area (Å²) in [7, 11) is 0. The zero-order valence-electron chi connectivity index (χ0n) is 60.9. The number of fused-ring (bicyclic) bond motifs is 11. The Labute approximate surface area is 663 Å². The Morgan fingerprint density at radius 1 is 0.490 bits per heavy atom. The van der Waals surface area contributed by atoms with E-state index in [-0.39, 0.29) is 81.2 Å². The number of aliphatic hydroxyl groups is 2. The third-order valence-corrected chi connectivity index (χ3v) is 34.7. The summed E-state index contributed by atoms with van der Waals surface area (Å²) < 4.78 is 24.0. The van der Waals surface area contributed by atoms with Crippen molar-refractivity contribution in [2.75, 3.05) is 0 Å². The molecule has 20 heteroatoms. The fourth-order valence-electron chi connectivity index (χ4n) is 16.4. The molecule has 16 atom stereocenters. The number of hydrogen-bond acceptors (Lipinski definition) is 12. The van der Waals surface area contributed by atoms with Gasteiger partial charge in [-0.3, -0.25) is 0 Å². The Morgan fingerprint density at radius 3 is 1.50 bits per heavy atom. The summed E-state index contributed by atoms with van der Waals surface area (Å²) in [5.41, 5.74) is 5.99. The van der Waals surface area contributed by atoms with E-state index in [1.54, 1.807) is 54.6 Å². The van der Waals surface area contributed by atoms with Gasteiger partial charge in [-0.25, -0.2) is 14.4 Å². The summed E-state index contributed by atoms with van der Waals surface area (Å²) in [6, 6.07) is 15.0. The molecular weight excluding hydrogens is 1790 g/mol. The maximum Gasteiger partial charge on any atom is 0.338 e. The molecule has 0 unspecified atom stereocenters. The maximum absolute atomic E-state index is 13.2. The number of hydrogen-bond donors (Lipinski definition) is 5. The van der Waals surface area contributed by atoms with Gasteiger partial charge in [0, 0.05) is 39.8 Å². The molecule has 11 rings (SSSR count). The van der Waals surface area contributed by atoms with Crippen molar-refractivity contribution in [2.24, 2.45) is 22.2 Å². The van der Waals surface area contributed by atoms with Crippen molar-refractivity contribution in [1.82, 2.24) is 0 Å². The minimum absolute atomic E-state index is 0.0342. The van der Waals surface area contributed by atoms with Crippen LogP contribution in [0.5, 0.6) is 17.2 Å². The summed E-state index contributed by atoms with van der Waals surface area (Å²) in [6.07, 6.45) is 15.3. The van der Waals surface area contributed by atoms with Gasteiger partial charge < -0.3 is 44.5 Å². The van der Waals surface area contributed by atoms with Crippen LogP contribution in [0.3, 0.4) is 0 Å². The molecule has 0 radical (unpaired) electrons. The van der Waals surface area contributed by atoms with Gasteiger partial charge in [0.05, 0.1) is 42.6 Å². The molecule has 100 heavy (non-hydrogen) atoms. The molecule has 0 aromatic heterocycles. The van der Waals surface area contributed by atoms with Gasteiger partial charge in [-0.1, -0.05) is 183 Å². The molecule has 1 saturated heterocycles. The lowest BCUT2D eigenvalue weighted by atomic mass is 9.61. The summed E-state index contributed by atoms with van der Waals surface area (Å²) in [5.74, 6) is -0.415. The number of alkyl halides is 8. The summed E-state index contributed by atoms with van der Waals surface area (Å²) >= 11 is 30.9. The SMILES string of the molecule is C=C1CC[C@H](Br)[C@@]2(C)CC[C@@H](Br)[C@@]3(C)CC[C@H](OC(=O)c4ccc(O)c(c4)C[C@H]12)C(C)(C)O3.CC1=C2Cc3cc(ccc3O)C(=O)OC(C)(C)[C@H](Br)CC[C@](C)(O)[C@H](Br)C[C@]2(C)[C@@H](Br)CC1.CC1=C2Cc3cc(ccc3O)C(=O)O[C@H](C(C)(C)Br)CC[C@](C)(O)[C@H](Br)CC[C@]2(C)[C@@H](Br)CC1. The lowest BCUT2D eigenvalue weighted by molar-refractivity contribution is -0.214. The number of carbonyl (C=O) groups is 3. The highest BCUT2D eigenvalue weighted by atomic mass is 79.9. The van der Waals surface area contributed by atoms with E-state index in [1.165, 1.54) is 27.9 Å². The molecule has 3 aliphatic carbocycles. The molecule has 3 aromatic rings. The molecular formula is C80H108Br8O12. The molecule has 5 N–H and O–H groups in total. The van der Waals surface area contributed by atoms with Crippen molar-refractivity contribution >= 4 is 145 Å². The minimum atomic E-state index is -0.954. The van der Waals surface area contributed by atoms with E-state index in [4.69, 9.17) is 18.9 Å². The predicted molar refractivity (Wildman–Crippen MR) is 431 cm³/mol. The lowest BCUT2D eigenvalue weighted by Gasteiger charge is -2.51. The van der Waals surface area contributed by atoms with Crippen LogP contribution in [0, 0.1) is 22.2 Å². The first-order chi connectivity index (χ1) is 46.2. The number of phenolic OH excluding ortho intramolecular Hbond substituents is 3. The monoisotopic (exact) mass is 1890 g/mol. The van der Waals surface area contributed by atoms with E-state index in [2.05, 4.69) is 176 Å². The number of rotatable bonds is 1. The molecule has 8 aliphatic rings. The van der Waals surface area contributed by atoms with Crippen LogP contribution in [0.1, 0.15) is 254 Å². The largest absolute Gasteiger partial charge is 0.508 e. The van der Waals surface area contributed by atoms with Crippen molar-refractivity contribution in [3.63, 3.8) is 0 Å². The highest BCUT2D eigenvalue weighted by Gasteiger charge is 2.52. The predicted octanol–water partition coefficient (Wildman–Crippen LogP) is 21.9. The molecule has 1 saturated carbocycles.